The Kier molecular flexibility index (Phi) is 4.50. The second-order valence-electron chi connectivity index (χ2n) is 6.88. The molecule has 1 aromatic carbocycles. The van der Waals surface area contributed by atoms with Gasteiger partial charge in [0.1, 0.15) is 5.01 Å². The first kappa shape index (κ1) is 17.2. The molecule has 0 radical (unpaired) electrons. The van der Waals surface area contributed by atoms with Crippen molar-refractivity contribution in [2.24, 2.45) is 0 Å². The highest BCUT2D eigenvalue weighted by Crippen LogP contribution is 2.24. The summed E-state index contributed by atoms with van der Waals surface area (Å²) in [6.07, 6.45) is 0. The fourth-order valence-corrected chi connectivity index (χ4v) is 4.25. The van der Waals surface area contributed by atoms with E-state index in [0.29, 0.717) is 11.5 Å². The zero-order chi connectivity index (χ0) is 18.3. The van der Waals surface area contributed by atoms with Crippen LogP contribution in [-0.2, 0) is 6.54 Å². The van der Waals surface area contributed by atoms with Crippen molar-refractivity contribution in [1.29, 1.82) is 0 Å². The molecule has 0 N–H and O–H groups in total. The molecule has 3 heterocycles. The predicted molar refractivity (Wildman–Crippen MR) is 105 cm³/mol. The van der Waals surface area contributed by atoms with Gasteiger partial charge in [-0.1, -0.05) is 23.5 Å². The number of aromatic nitrogens is 3. The molecular formula is C19H23N5OS. The van der Waals surface area contributed by atoms with Crippen LogP contribution < -0.4 is 10.5 Å². The fourth-order valence-electron chi connectivity index (χ4n) is 3.49. The summed E-state index contributed by atoms with van der Waals surface area (Å²) >= 11 is 1.46. The Morgan fingerprint density at radius 1 is 1.12 bits per heavy atom. The van der Waals surface area contributed by atoms with Gasteiger partial charge in [-0.05, 0) is 38.0 Å². The monoisotopic (exact) mass is 369 g/mol. The van der Waals surface area contributed by atoms with Crippen LogP contribution >= 0.6 is 11.3 Å². The molecule has 6 nitrogen and oxygen atoms in total. The quantitative estimate of drug-likeness (QED) is 0.710. The Labute approximate surface area is 156 Å². The zero-order valence-corrected chi connectivity index (χ0v) is 16.2. The Hall–Kier alpha value is -2.25. The van der Waals surface area contributed by atoms with Crippen molar-refractivity contribution >= 4 is 22.0 Å². The Morgan fingerprint density at radius 2 is 1.88 bits per heavy atom. The van der Waals surface area contributed by atoms with E-state index in [1.165, 1.54) is 32.7 Å². The molecule has 7 heteroatoms. The summed E-state index contributed by atoms with van der Waals surface area (Å²) < 4.78 is 1.39. The molecule has 0 saturated carbocycles. The molecule has 0 spiro atoms. The molecule has 0 unspecified atom stereocenters. The highest BCUT2D eigenvalue weighted by molar-refractivity contribution is 7.16. The van der Waals surface area contributed by atoms with Crippen LogP contribution in [0.2, 0.25) is 0 Å². The van der Waals surface area contributed by atoms with Gasteiger partial charge in [0.25, 0.3) is 5.56 Å². The second kappa shape index (κ2) is 6.81. The number of hydrogen-bond acceptors (Lipinski definition) is 6. The summed E-state index contributed by atoms with van der Waals surface area (Å²) in [6.45, 7) is 10.9. The van der Waals surface area contributed by atoms with Crippen molar-refractivity contribution in [3.63, 3.8) is 0 Å². The Morgan fingerprint density at radius 3 is 2.65 bits per heavy atom. The summed E-state index contributed by atoms with van der Waals surface area (Å²) in [7, 11) is 0. The molecule has 1 aliphatic rings. The van der Waals surface area contributed by atoms with E-state index in [4.69, 9.17) is 0 Å². The van der Waals surface area contributed by atoms with Gasteiger partial charge >= 0.3 is 0 Å². The van der Waals surface area contributed by atoms with Gasteiger partial charge in [-0.25, -0.2) is 4.98 Å². The summed E-state index contributed by atoms with van der Waals surface area (Å²) in [6, 6.07) is 8.12. The van der Waals surface area contributed by atoms with Gasteiger partial charge < -0.3 is 4.90 Å². The number of piperazine rings is 1. The van der Waals surface area contributed by atoms with E-state index in [-0.39, 0.29) is 5.56 Å². The second-order valence-corrected chi connectivity index (χ2v) is 8.04. The van der Waals surface area contributed by atoms with Crippen molar-refractivity contribution in [1.82, 2.24) is 19.5 Å². The largest absolute Gasteiger partial charge is 0.369 e. The van der Waals surface area contributed by atoms with Crippen LogP contribution in [0.5, 0.6) is 0 Å². The first-order valence-electron chi connectivity index (χ1n) is 8.91. The minimum atomic E-state index is -0.0941. The van der Waals surface area contributed by atoms with Crippen molar-refractivity contribution < 1.29 is 0 Å². The highest BCUT2D eigenvalue weighted by atomic mass is 32.1. The lowest BCUT2D eigenvalue weighted by Crippen LogP contribution is -2.46. The van der Waals surface area contributed by atoms with E-state index < -0.39 is 0 Å². The van der Waals surface area contributed by atoms with E-state index in [2.05, 4.69) is 51.9 Å². The minimum Gasteiger partial charge on any atom is -0.369 e. The summed E-state index contributed by atoms with van der Waals surface area (Å²) in [5.74, 6) is 0. The van der Waals surface area contributed by atoms with Gasteiger partial charge in [-0.2, -0.15) is 9.61 Å². The highest BCUT2D eigenvalue weighted by Gasteiger charge is 2.20. The molecule has 2 aromatic heterocycles. The van der Waals surface area contributed by atoms with Crippen molar-refractivity contribution in [3.8, 4) is 0 Å². The van der Waals surface area contributed by atoms with E-state index >= 15 is 0 Å². The number of anilines is 1. The third-order valence-electron chi connectivity index (χ3n) is 5.07. The zero-order valence-electron chi connectivity index (χ0n) is 15.4. The average Bonchev–Trinajstić information content (AvgIpc) is 2.99. The van der Waals surface area contributed by atoms with E-state index in [0.717, 1.165) is 36.9 Å². The van der Waals surface area contributed by atoms with Gasteiger partial charge in [0.15, 0.2) is 0 Å². The van der Waals surface area contributed by atoms with Crippen LogP contribution in [0, 0.1) is 20.8 Å². The summed E-state index contributed by atoms with van der Waals surface area (Å²) in [4.78, 5) is 22.3. The van der Waals surface area contributed by atoms with Crippen molar-refractivity contribution in [2.75, 3.05) is 31.1 Å². The third kappa shape index (κ3) is 3.24. The SMILES string of the molecule is Cc1nn2c(=O)cc(CN3CCN(c4cccc(C)c4C)CC3)nc2s1. The van der Waals surface area contributed by atoms with Crippen LogP contribution in [0.25, 0.3) is 4.96 Å². The number of aryl methyl sites for hydroxylation is 2. The van der Waals surface area contributed by atoms with Crippen LogP contribution in [0.4, 0.5) is 5.69 Å². The topological polar surface area (TPSA) is 53.7 Å². The van der Waals surface area contributed by atoms with Crippen LogP contribution in [0.3, 0.4) is 0 Å². The maximum Gasteiger partial charge on any atom is 0.275 e. The summed E-state index contributed by atoms with van der Waals surface area (Å²) in [5.41, 5.74) is 4.77. The van der Waals surface area contributed by atoms with Gasteiger partial charge in [-0.3, -0.25) is 9.69 Å². The van der Waals surface area contributed by atoms with Gasteiger partial charge in [0, 0.05) is 44.5 Å². The fraction of sp³-hybridized carbons (Fsp3) is 0.421. The molecule has 1 saturated heterocycles. The molecule has 3 aromatic rings. The standard InChI is InChI=1S/C19H23N5OS/c1-13-5-4-6-17(14(13)2)23-9-7-22(8-10-23)12-16-11-18(25)24-19(20-16)26-15(3)21-24/h4-6,11H,7-10,12H2,1-3H3. The molecule has 26 heavy (non-hydrogen) atoms. The molecule has 1 aliphatic heterocycles. The maximum absolute atomic E-state index is 12.2. The Balaban J connectivity index is 1.45. The molecule has 0 bridgehead atoms. The normalized spacial score (nSPS) is 15.7. The molecule has 4 rings (SSSR count). The maximum atomic E-state index is 12.2. The first-order chi connectivity index (χ1) is 12.5. The lowest BCUT2D eigenvalue weighted by atomic mass is 10.1. The average molecular weight is 369 g/mol. The van der Waals surface area contributed by atoms with Gasteiger partial charge in [-0.15, -0.1) is 0 Å². The molecule has 1 fully saturated rings. The minimum absolute atomic E-state index is 0.0941. The Bertz CT molecular complexity index is 1000. The predicted octanol–water partition coefficient (Wildman–Crippen LogP) is 2.40. The molecule has 0 aliphatic carbocycles. The lowest BCUT2D eigenvalue weighted by molar-refractivity contribution is 0.247. The molecule has 0 atom stereocenters. The summed E-state index contributed by atoms with van der Waals surface area (Å²) in [5, 5.41) is 5.05. The van der Waals surface area contributed by atoms with Gasteiger partial charge in [0.05, 0.1) is 5.69 Å². The number of hydrogen-bond donors (Lipinski definition) is 0. The smallest absolute Gasteiger partial charge is 0.275 e. The van der Waals surface area contributed by atoms with Crippen LogP contribution in [0.1, 0.15) is 21.8 Å². The lowest BCUT2D eigenvalue weighted by Gasteiger charge is -2.36. The van der Waals surface area contributed by atoms with E-state index in [1.54, 1.807) is 6.07 Å². The molecule has 0 amide bonds. The number of nitrogens with zero attached hydrogens (tertiary/aromatic N) is 5. The van der Waals surface area contributed by atoms with Gasteiger partial charge in [0.2, 0.25) is 4.96 Å². The third-order valence-corrected chi connectivity index (χ3v) is 5.90. The molecular weight excluding hydrogens is 346 g/mol. The van der Waals surface area contributed by atoms with E-state index in [1.807, 2.05) is 6.92 Å². The van der Waals surface area contributed by atoms with Crippen LogP contribution in [0.15, 0.2) is 29.1 Å². The number of benzene rings is 1. The van der Waals surface area contributed by atoms with Crippen molar-refractivity contribution in [2.45, 2.75) is 27.3 Å². The van der Waals surface area contributed by atoms with E-state index in [9.17, 15) is 4.79 Å². The molecule has 136 valence electrons. The van der Waals surface area contributed by atoms with Crippen molar-refractivity contribution in [3.05, 3.63) is 56.4 Å². The van der Waals surface area contributed by atoms with Crippen LogP contribution in [-0.4, -0.2) is 45.7 Å². The first-order valence-corrected chi connectivity index (χ1v) is 9.73. The number of fused-ring (bicyclic) bond motifs is 1. The number of rotatable bonds is 3.